The molecule has 0 aliphatic carbocycles. The molecule has 0 atom stereocenters. The van der Waals surface area contributed by atoms with E-state index in [2.05, 4.69) is 10.3 Å². The lowest BCUT2D eigenvalue weighted by Crippen LogP contribution is -2.21. The van der Waals surface area contributed by atoms with E-state index in [-0.39, 0.29) is 5.71 Å². The fourth-order valence-corrected chi connectivity index (χ4v) is 1.94. The Bertz CT molecular complexity index is 707. The Kier molecular flexibility index (Phi) is 4.77. The molecule has 2 aromatic rings. The van der Waals surface area contributed by atoms with E-state index in [9.17, 15) is 4.79 Å². The quantitative estimate of drug-likeness (QED) is 0.479. The van der Waals surface area contributed by atoms with Crippen molar-refractivity contribution in [1.82, 2.24) is 9.94 Å². The highest BCUT2D eigenvalue weighted by atomic mass is 16.7. The molecule has 0 N–H and O–H groups in total. The largest absolute Gasteiger partial charge is 0.464 e. The average molecular weight is 303 g/mol. The Balaban J connectivity index is 2.49. The monoisotopic (exact) mass is 303 g/mol. The zero-order valence-electron chi connectivity index (χ0n) is 12.9. The summed E-state index contributed by atoms with van der Waals surface area (Å²) in [6.07, 6.45) is 1.67. The van der Waals surface area contributed by atoms with Crippen LogP contribution in [0.3, 0.4) is 0 Å². The minimum Gasteiger partial charge on any atom is -0.464 e. The van der Waals surface area contributed by atoms with Crippen molar-refractivity contribution in [2.24, 2.45) is 5.16 Å². The molecule has 22 heavy (non-hydrogen) atoms. The number of benzene rings is 1. The standard InChI is InChI=1S/C15H17N3O4/c1-10-6-5-7-12(22-18-9-8-11(2)16-18)13(10)14(17-21-4)15(19)20-3/h5-9H,1-4H3/b17-14+. The minimum absolute atomic E-state index is 0.0296. The number of nitrogens with zero attached hydrogens (tertiary/aromatic N) is 3. The zero-order chi connectivity index (χ0) is 16.1. The van der Waals surface area contributed by atoms with Crippen LogP contribution in [-0.2, 0) is 14.4 Å². The molecule has 7 heteroatoms. The molecular formula is C15H17N3O4. The van der Waals surface area contributed by atoms with E-state index in [1.807, 2.05) is 26.0 Å². The number of hydrogen-bond acceptors (Lipinski definition) is 6. The molecule has 0 aliphatic rings. The summed E-state index contributed by atoms with van der Waals surface area (Å²) < 4.78 is 4.76. The summed E-state index contributed by atoms with van der Waals surface area (Å²) in [4.78, 5) is 23.7. The van der Waals surface area contributed by atoms with Crippen LogP contribution < -0.4 is 4.84 Å². The molecular weight excluding hydrogens is 286 g/mol. The highest BCUT2D eigenvalue weighted by molar-refractivity contribution is 6.44. The zero-order valence-corrected chi connectivity index (χ0v) is 12.9. The fraction of sp³-hybridized carbons (Fsp3) is 0.267. The first-order valence-electron chi connectivity index (χ1n) is 6.57. The van der Waals surface area contributed by atoms with E-state index in [4.69, 9.17) is 14.4 Å². The van der Waals surface area contributed by atoms with E-state index < -0.39 is 5.97 Å². The molecule has 0 amide bonds. The molecule has 1 heterocycles. The summed E-state index contributed by atoms with van der Waals surface area (Å²) in [7, 11) is 2.64. The van der Waals surface area contributed by atoms with Gasteiger partial charge in [-0.1, -0.05) is 17.3 Å². The minimum atomic E-state index is -0.613. The molecule has 0 bridgehead atoms. The maximum absolute atomic E-state index is 12.0. The third kappa shape index (κ3) is 3.25. The van der Waals surface area contributed by atoms with Gasteiger partial charge in [-0.3, -0.25) is 0 Å². The second-order valence-corrected chi connectivity index (χ2v) is 4.51. The molecule has 0 saturated heterocycles. The Morgan fingerprint density at radius 3 is 2.59 bits per heavy atom. The number of aromatic nitrogens is 2. The molecule has 7 nitrogen and oxygen atoms in total. The normalized spacial score (nSPS) is 11.2. The van der Waals surface area contributed by atoms with Crippen molar-refractivity contribution in [1.29, 1.82) is 0 Å². The van der Waals surface area contributed by atoms with E-state index in [1.54, 1.807) is 18.3 Å². The second-order valence-electron chi connectivity index (χ2n) is 4.51. The SMILES string of the molecule is CO/N=C(/C(=O)OC)c1c(C)cccc1On1ccc(C)n1. The molecule has 2 rings (SSSR count). The van der Waals surface area contributed by atoms with E-state index in [1.165, 1.54) is 19.1 Å². The van der Waals surface area contributed by atoms with Crippen LogP contribution in [0.25, 0.3) is 0 Å². The van der Waals surface area contributed by atoms with Crippen molar-refractivity contribution in [3.05, 3.63) is 47.3 Å². The van der Waals surface area contributed by atoms with Crippen LogP contribution in [0.2, 0.25) is 0 Å². The van der Waals surface area contributed by atoms with Gasteiger partial charge >= 0.3 is 5.97 Å². The van der Waals surface area contributed by atoms with Gasteiger partial charge in [-0.2, -0.15) is 0 Å². The average Bonchev–Trinajstić information content (AvgIpc) is 2.90. The van der Waals surface area contributed by atoms with E-state index >= 15 is 0 Å². The molecule has 116 valence electrons. The number of esters is 1. The van der Waals surface area contributed by atoms with E-state index in [0.717, 1.165) is 11.3 Å². The van der Waals surface area contributed by atoms with Crippen molar-refractivity contribution in [2.45, 2.75) is 13.8 Å². The predicted octanol–water partition coefficient (Wildman–Crippen LogP) is 1.87. The van der Waals surface area contributed by atoms with E-state index in [0.29, 0.717) is 11.3 Å². The van der Waals surface area contributed by atoms with Gasteiger partial charge in [-0.05, 0) is 31.5 Å². The van der Waals surface area contributed by atoms with Gasteiger partial charge in [0.15, 0.2) is 11.5 Å². The number of methoxy groups -OCH3 is 1. The lowest BCUT2D eigenvalue weighted by Gasteiger charge is -2.13. The number of aryl methyl sites for hydroxylation is 2. The first kappa shape index (κ1) is 15.6. The molecule has 0 radical (unpaired) electrons. The summed E-state index contributed by atoms with van der Waals surface area (Å²) in [5.41, 5.74) is 2.13. The Labute approximate surface area is 128 Å². The molecule has 0 fully saturated rings. The van der Waals surface area contributed by atoms with Gasteiger partial charge in [0, 0.05) is 0 Å². The van der Waals surface area contributed by atoms with Crippen molar-refractivity contribution in [2.75, 3.05) is 14.2 Å². The smallest absolute Gasteiger partial charge is 0.360 e. The highest BCUT2D eigenvalue weighted by Gasteiger charge is 2.23. The van der Waals surface area contributed by atoms with Crippen LogP contribution in [0.1, 0.15) is 16.8 Å². The van der Waals surface area contributed by atoms with Gasteiger partial charge in [0.05, 0.1) is 24.6 Å². The fourth-order valence-electron chi connectivity index (χ4n) is 1.94. The van der Waals surface area contributed by atoms with Gasteiger partial charge in [0.1, 0.15) is 7.11 Å². The van der Waals surface area contributed by atoms with Crippen LogP contribution >= 0.6 is 0 Å². The van der Waals surface area contributed by atoms with Crippen LogP contribution in [0.5, 0.6) is 5.75 Å². The number of hydrogen-bond donors (Lipinski definition) is 0. The first-order chi connectivity index (χ1) is 10.6. The third-order valence-corrected chi connectivity index (χ3v) is 2.92. The first-order valence-corrected chi connectivity index (χ1v) is 6.57. The summed E-state index contributed by atoms with van der Waals surface area (Å²) >= 11 is 0. The predicted molar refractivity (Wildman–Crippen MR) is 79.7 cm³/mol. The summed E-state index contributed by atoms with van der Waals surface area (Å²) in [5, 5.41) is 7.92. The van der Waals surface area contributed by atoms with Gasteiger partial charge < -0.3 is 14.4 Å². The molecule has 0 spiro atoms. The molecule has 1 aromatic carbocycles. The summed E-state index contributed by atoms with van der Waals surface area (Å²) in [6.45, 7) is 3.69. The third-order valence-electron chi connectivity index (χ3n) is 2.92. The van der Waals surface area contributed by atoms with Crippen LogP contribution in [0.4, 0.5) is 0 Å². The number of oxime groups is 1. The number of carbonyl (C=O) groups is 1. The maximum atomic E-state index is 12.0. The molecule has 0 unspecified atom stereocenters. The molecule has 1 aromatic heterocycles. The molecule has 0 aliphatic heterocycles. The lowest BCUT2D eigenvalue weighted by atomic mass is 10.0. The van der Waals surface area contributed by atoms with Crippen molar-refractivity contribution in [3.8, 4) is 5.75 Å². The summed E-state index contributed by atoms with van der Waals surface area (Å²) in [6, 6.07) is 7.17. The van der Waals surface area contributed by atoms with Gasteiger partial charge in [0.25, 0.3) is 0 Å². The van der Waals surface area contributed by atoms with Crippen molar-refractivity contribution in [3.63, 3.8) is 0 Å². The number of rotatable bonds is 5. The van der Waals surface area contributed by atoms with Crippen LogP contribution in [0.15, 0.2) is 35.6 Å². The van der Waals surface area contributed by atoms with Crippen LogP contribution in [0, 0.1) is 13.8 Å². The van der Waals surface area contributed by atoms with Crippen LogP contribution in [-0.4, -0.2) is 35.8 Å². The van der Waals surface area contributed by atoms with Gasteiger partial charge in [-0.15, -0.1) is 9.94 Å². The Hall–Kier alpha value is -2.83. The number of ether oxygens (including phenoxy) is 1. The molecule has 0 saturated carbocycles. The summed E-state index contributed by atoms with van der Waals surface area (Å²) in [5.74, 6) is -0.193. The highest BCUT2D eigenvalue weighted by Crippen LogP contribution is 2.24. The van der Waals surface area contributed by atoms with Crippen molar-refractivity contribution < 1.29 is 19.2 Å². The van der Waals surface area contributed by atoms with Gasteiger partial charge in [0.2, 0.25) is 0 Å². The van der Waals surface area contributed by atoms with Gasteiger partial charge in [-0.25, -0.2) is 4.79 Å². The second kappa shape index (κ2) is 6.75. The Morgan fingerprint density at radius 2 is 2.00 bits per heavy atom. The lowest BCUT2D eigenvalue weighted by molar-refractivity contribution is -0.132. The number of carbonyl (C=O) groups excluding carboxylic acids is 1. The van der Waals surface area contributed by atoms with Crippen molar-refractivity contribution >= 4 is 11.7 Å². The topological polar surface area (TPSA) is 74.9 Å². The Morgan fingerprint density at radius 1 is 1.23 bits per heavy atom. The maximum Gasteiger partial charge on any atom is 0.360 e.